The summed E-state index contributed by atoms with van der Waals surface area (Å²) in [7, 11) is 0. The molecule has 1 unspecified atom stereocenters. The summed E-state index contributed by atoms with van der Waals surface area (Å²) in [5.41, 5.74) is 7.81. The lowest BCUT2D eigenvalue weighted by molar-refractivity contribution is -0.274. The van der Waals surface area contributed by atoms with Crippen LogP contribution in [0.3, 0.4) is 0 Å². The van der Waals surface area contributed by atoms with Gasteiger partial charge in [0.05, 0.1) is 19.0 Å². The first-order valence-electron chi connectivity index (χ1n) is 11.3. The van der Waals surface area contributed by atoms with Crippen LogP contribution in [0.5, 0.6) is 5.75 Å². The van der Waals surface area contributed by atoms with Crippen molar-refractivity contribution in [3.63, 3.8) is 0 Å². The number of fused-ring (bicyclic) bond motifs is 1. The molecule has 1 saturated heterocycles. The zero-order valence-corrected chi connectivity index (χ0v) is 20.8. The fraction of sp³-hybridized carbons (Fsp3) is 0.500. The van der Waals surface area contributed by atoms with Crippen molar-refractivity contribution in [2.24, 2.45) is 5.73 Å². The lowest BCUT2D eigenvalue weighted by atomic mass is 9.92. The number of nitrogens with one attached hydrogen (secondary N) is 2. The predicted molar refractivity (Wildman–Crippen MR) is 135 cm³/mol. The molecule has 0 bridgehead atoms. The fourth-order valence-corrected chi connectivity index (χ4v) is 4.40. The third-order valence-corrected chi connectivity index (χ3v) is 6.18. The summed E-state index contributed by atoms with van der Waals surface area (Å²) in [5.74, 6) is 0.629. The van der Waals surface area contributed by atoms with Gasteiger partial charge in [0.25, 0.3) is 0 Å². The van der Waals surface area contributed by atoms with Crippen molar-refractivity contribution in [3.8, 4) is 5.75 Å². The number of ether oxygens (including phenoxy) is 2. The quantitative estimate of drug-likeness (QED) is 0.395. The molecule has 2 fully saturated rings. The van der Waals surface area contributed by atoms with E-state index in [9.17, 15) is 13.2 Å². The Balaban J connectivity index is 0.00000180. The SMILES string of the molecule is Cl.Cl.N[C@H]1CC[C@H](Nc2nc(Nc3ccc(OC(F)(F)F)cc3)c3ncn(C4CCOC4)c3n2)CC1. The average Bonchev–Trinajstić information content (AvgIpc) is 3.46. The number of imidazole rings is 1. The molecular formula is C22H28Cl2F3N7O2. The van der Waals surface area contributed by atoms with Gasteiger partial charge in [-0.25, -0.2) is 4.98 Å². The van der Waals surface area contributed by atoms with E-state index in [0.29, 0.717) is 41.8 Å². The summed E-state index contributed by atoms with van der Waals surface area (Å²) in [6, 6.07) is 6.05. The monoisotopic (exact) mass is 549 g/mol. The lowest BCUT2D eigenvalue weighted by Crippen LogP contribution is -2.33. The molecule has 0 amide bonds. The van der Waals surface area contributed by atoms with Gasteiger partial charge >= 0.3 is 6.36 Å². The average molecular weight is 550 g/mol. The molecule has 5 rings (SSSR count). The van der Waals surface area contributed by atoms with Gasteiger partial charge in [-0.05, 0) is 56.4 Å². The summed E-state index contributed by atoms with van der Waals surface area (Å²) in [4.78, 5) is 13.9. The van der Waals surface area contributed by atoms with Crippen LogP contribution in [0.25, 0.3) is 11.2 Å². The van der Waals surface area contributed by atoms with Crippen molar-refractivity contribution < 1.29 is 22.6 Å². The molecule has 1 aliphatic carbocycles. The van der Waals surface area contributed by atoms with Crippen molar-refractivity contribution >= 4 is 53.4 Å². The summed E-state index contributed by atoms with van der Waals surface area (Å²) in [5, 5.41) is 6.60. The largest absolute Gasteiger partial charge is 0.573 e. The number of nitrogens with two attached hydrogens (primary N) is 1. The van der Waals surface area contributed by atoms with Gasteiger partial charge in [0.1, 0.15) is 5.75 Å². The molecule has 2 aromatic heterocycles. The molecule has 1 aromatic carbocycles. The fourth-order valence-electron chi connectivity index (χ4n) is 4.40. The van der Waals surface area contributed by atoms with Crippen molar-refractivity contribution in [2.45, 2.75) is 56.6 Å². The Hall–Kier alpha value is -2.54. The Kier molecular flexibility index (Phi) is 9.09. The van der Waals surface area contributed by atoms with Crippen molar-refractivity contribution in [1.29, 1.82) is 0 Å². The Morgan fingerprint density at radius 2 is 1.75 bits per heavy atom. The number of aromatic nitrogens is 4. The van der Waals surface area contributed by atoms with Crippen molar-refractivity contribution in [1.82, 2.24) is 19.5 Å². The Morgan fingerprint density at radius 3 is 2.39 bits per heavy atom. The Bertz CT molecular complexity index is 1130. The molecule has 1 aliphatic heterocycles. The highest BCUT2D eigenvalue weighted by atomic mass is 35.5. The number of nitrogens with zero attached hydrogens (tertiary/aromatic N) is 4. The number of alkyl halides is 3. The molecule has 0 radical (unpaired) electrons. The third kappa shape index (κ3) is 6.61. The molecular weight excluding hydrogens is 522 g/mol. The van der Waals surface area contributed by atoms with E-state index in [1.165, 1.54) is 24.3 Å². The van der Waals surface area contributed by atoms with Gasteiger partial charge < -0.3 is 30.4 Å². The minimum absolute atomic E-state index is 0. The van der Waals surface area contributed by atoms with Crippen LogP contribution in [0.15, 0.2) is 30.6 Å². The van der Waals surface area contributed by atoms with Gasteiger partial charge in [0, 0.05) is 24.4 Å². The molecule has 0 spiro atoms. The number of anilines is 3. The maximum Gasteiger partial charge on any atom is 0.573 e. The van der Waals surface area contributed by atoms with Crippen LogP contribution in [-0.2, 0) is 4.74 Å². The molecule has 9 nitrogen and oxygen atoms in total. The Labute approximate surface area is 218 Å². The van der Waals surface area contributed by atoms with Crippen molar-refractivity contribution in [3.05, 3.63) is 30.6 Å². The number of benzene rings is 1. The number of rotatable bonds is 6. The lowest BCUT2D eigenvalue weighted by Gasteiger charge is -2.27. The second-order valence-electron chi connectivity index (χ2n) is 8.69. The van der Waals surface area contributed by atoms with Crippen LogP contribution in [0.1, 0.15) is 38.1 Å². The van der Waals surface area contributed by atoms with E-state index < -0.39 is 6.36 Å². The van der Waals surface area contributed by atoms with E-state index in [0.717, 1.165) is 32.1 Å². The van der Waals surface area contributed by atoms with Crippen LogP contribution < -0.4 is 21.1 Å². The highest BCUT2D eigenvalue weighted by Crippen LogP contribution is 2.31. The van der Waals surface area contributed by atoms with Crippen LogP contribution in [0.4, 0.5) is 30.6 Å². The van der Waals surface area contributed by atoms with Gasteiger partial charge in [-0.15, -0.1) is 38.0 Å². The van der Waals surface area contributed by atoms with Gasteiger partial charge in [0.2, 0.25) is 5.95 Å². The summed E-state index contributed by atoms with van der Waals surface area (Å²) in [6.07, 6.45) is 1.59. The third-order valence-electron chi connectivity index (χ3n) is 6.18. The second-order valence-corrected chi connectivity index (χ2v) is 8.69. The van der Waals surface area contributed by atoms with Crippen LogP contribution in [0.2, 0.25) is 0 Å². The maximum atomic E-state index is 12.5. The molecule has 3 heterocycles. The van der Waals surface area contributed by atoms with Crippen LogP contribution >= 0.6 is 24.8 Å². The van der Waals surface area contributed by atoms with E-state index in [1.807, 2.05) is 4.57 Å². The molecule has 198 valence electrons. The molecule has 36 heavy (non-hydrogen) atoms. The number of hydrogen-bond donors (Lipinski definition) is 3. The topological polar surface area (TPSA) is 112 Å². The van der Waals surface area contributed by atoms with Crippen LogP contribution in [-0.4, -0.2) is 51.2 Å². The van der Waals surface area contributed by atoms with Crippen LogP contribution in [0, 0.1) is 0 Å². The smallest absolute Gasteiger partial charge is 0.406 e. The number of halogens is 5. The molecule has 1 saturated carbocycles. The minimum Gasteiger partial charge on any atom is -0.406 e. The maximum absolute atomic E-state index is 12.5. The normalized spacial score (nSPS) is 21.9. The zero-order chi connectivity index (χ0) is 23.7. The van der Waals surface area contributed by atoms with E-state index >= 15 is 0 Å². The van der Waals surface area contributed by atoms with Crippen molar-refractivity contribution in [2.75, 3.05) is 23.8 Å². The first kappa shape index (κ1) is 28.0. The van der Waals surface area contributed by atoms with E-state index in [4.69, 9.17) is 15.5 Å². The highest BCUT2D eigenvalue weighted by Gasteiger charge is 2.31. The molecule has 2 aliphatic rings. The number of hydrogen-bond acceptors (Lipinski definition) is 8. The Morgan fingerprint density at radius 1 is 1.03 bits per heavy atom. The van der Waals surface area contributed by atoms with Gasteiger partial charge in [0.15, 0.2) is 17.0 Å². The zero-order valence-electron chi connectivity index (χ0n) is 19.2. The molecule has 3 aromatic rings. The summed E-state index contributed by atoms with van der Waals surface area (Å²) in [6.45, 7) is 1.27. The van der Waals surface area contributed by atoms with Gasteiger partial charge in [-0.2, -0.15) is 9.97 Å². The van der Waals surface area contributed by atoms with E-state index in [-0.39, 0.29) is 48.7 Å². The van der Waals surface area contributed by atoms with E-state index in [2.05, 4.69) is 25.3 Å². The molecule has 14 heteroatoms. The van der Waals surface area contributed by atoms with E-state index in [1.54, 1.807) is 6.33 Å². The van der Waals surface area contributed by atoms with Gasteiger partial charge in [-0.1, -0.05) is 0 Å². The second kappa shape index (κ2) is 11.7. The minimum atomic E-state index is -4.74. The predicted octanol–water partition coefficient (Wildman–Crippen LogP) is 4.96. The van der Waals surface area contributed by atoms with Gasteiger partial charge in [-0.3, -0.25) is 0 Å². The highest BCUT2D eigenvalue weighted by molar-refractivity contribution is 5.87. The first-order chi connectivity index (χ1) is 16.3. The molecule has 4 N–H and O–H groups in total. The summed E-state index contributed by atoms with van der Waals surface area (Å²) < 4.78 is 48.9. The molecule has 1 atom stereocenters. The summed E-state index contributed by atoms with van der Waals surface area (Å²) >= 11 is 0. The standard InChI is InChI=1S/C22H26F3N7O2.2ClH/c23-22(24,25)34-17-7-5-14(6-8-17)28-19-18-20(32(12-27-18)16-9-10-33-11-16)31-21(30-19)29-15-3-1-13(26)2-4-15;;/h5-8,12-13,15-16H,1-4,9-11,26H2,(H2,28,29,30,31);2*1H/t13-,15-,16?;;. The first-order valence-corrected chi connectivity index (χ1v) is 11.3.